The maximum atomic E-state index is 11.7. The van der Waals surface area contributed by atoms with E-state index in [1.807, 2.05) is 30.3 Å². The van der Waals surface area contributed by atoms with Crippen LogP contribution in [-0.4, -0.2) is 5.97 Å². The molecule has 1 aromatic heterocycles. The Hall–Kier alpha value is -2.55. The maximum Gasteiger partial charge on any atom is 0.343 e. The van der Waals surface area contributed by atoms with Gasteiger partial charge in [0.2, 0.25) is 0 Å². The monoisotopic (exact) mass is 238 g/mol. The van der Waals surface area contributed by atoms with E-state index in [1.54, 1.807) is 30.5 Å². The van der Waals surface area contributed by atoms with Gasteiger partial charge in [0.05, 0.1) is 11.8 Å². The summed E-state index contributed by atoms with van der Waals surface area (Å²) >= 11 is 0. The largest absolute Gasteiger partial charge is 0.465 e. The van der Waals surface area contributed by atoms with E-state index in [1.165, 1.54) is 0 Å². The Balaban J connectivity index is 1.95. The second-order valence-corrected chi connectivity index (χ2v) is 3.88. The maximum absolute atomic E-state index is 11.7. The Labute approximate surface area is 104 Å². The molecule has 0 unspecified atom stereocenters. The predicted molar refractivity (Wildman–Crippen MR) is 67.2 cm³/mol. The zero-order valence-electron chi connectivity index (χ0n) is 9.50. The third-order valence-electron chi connectivity index (χ3n) is 2.62. The van der Waals surface area contributed by atoms with E-state index in [-0.39, 0.29) is 5.97 Å². The summed E-state index contributed by atoms with van der Waals surface area (Å²) in [7, 11) is 0. The number of hydrogen-bond donors (Lipinski definition) is 0. The Bertz CT molecular complexity index is 619. The van der Waals surface area contributed by atoms with Crippen molar-refractivity contribution in [2.24, 2.45) is 0 Å². The zero-order valence-corrected chi connectivity index (χ0v) is 9.50. The average Bonchev–Trinajstić information content (AvgIpc) is 3.02. The lowest BCUT2D eigenvalue weighted by Gasteiger charge is -1.99. The fraction of sp³-hybridized carbons (Fsp3) is 0. The number of esters is 1. The summed E-state index contributed by atoms with van der Waals surface area (Å²) in [5, 5.41) is 0. The van der Waals surface area contributed by atoms with Gasteiger partial charge < -0.3 is 9.15 Å². The van der Waals surface area contributed by atoms with Gasteiger partial charge in [0.25, 0.3) is 0 Å². The van der Waals surface area contributed by atoms with Crippen LogP contribution in [0.25, 0.3) is 11.8 Å². The van der Waals surface area contributed by atoms with Crippen LogP contribution in [0.5, 0.6) is 0 Å². The molecule has 0 N–H and O–H groups in total. The molecule has 3 heteroatoms. The number of cyclic esters (lactones) is 1. The molecular weight excluding hydrogens is 228 g/mol. The molecule has 0 saturated carbocycles. The smallest absolute Gasteiger partial charge is 0.343 e. The molecule has 0 radical (unpaired) electrons. The molecule has 0 aliphatic carbocycles. The number of carbonyl (C=O) groups excluding carboxylic acids is 1. The summed E-state index contributed by atoms with van der Waals surface area (Å²) in [6.07, 6.45) is 4.95. The summed E-state index contributed by atoms with van der Waals surface area (Å²) < 4.78 is 10.4. The van der Waals surface area contributed by atoms with Gasteiger partial charge in [-0.1, -0.05) is 30.3 Å². The zero-order chi connectivity index (χ0) is 12.4. The fourth-order valence-corrected chi connectivity index (χ4v) is 1.76. The summed E-state index contributed by atoms with van der Waals surface area (Å²) in [6, 6.07) is 13.1. The summed E-state index contributed by atoms with van der Waals surface area (Å²) in [5.41, 5.74) is 1.37. The van der Waals surface area contributed by atoms with Gasteiger partial charge >= 0.3 is 5.97 Å². The first-order valence-electron chi connectivity index (χ1n) is 5.57. The Morgan fingerprint density at radius 3 is 2.56 bits per heavy atom. The lowest BCUT2D eigenvalue weighted by atomic mass is 10.1. The van der Waals surface area contributed by atoms with Crippen LogP contribution >= 0.6 is 0 Å². The predicted octanol–water partition coefficient (Wildman–Crippen LogP) is 3.26. The lowest BCUT2D eigenvalue weighted by molar-refractivity contribution is -0.130. The van der Waals surface area contributed by atoms with Gasteiger partial charge in [-0.15, -0.1) is 0 Å². The van der Waals surface area contributed by atoms with Gasteiger partial charge in [0.15, 0.2) is 0 Å². The molecule has 0 atom stereocenters. The average molecular weight is 238 g/mol. The highest BCUT2D eigenvalue weighted by molar-refractivity contribution is 6.04. The van der Waals surface area contributed by atoms with Gasteiger partial charge in [-0.05, 0) is 24.3 Å². The molecule has 0 bridgehead atoms. The molecule has 3 nitrogen and oxygen atoms in total. The third kappa shape index (κ3) is 1.98. The van der Waals surface area contributed by atoms with E-state index in [0.717, 1.165) is 5.56 Å². The van der Waals surface area contributed by atoms with Gasteiger partial charge in [-0.25, -0.2) is 4.79 Å². The van der Waals surface area contributed by atoms with Crippen molar-refractivity contribution in [2.75, 3.05) is 0 Å². The van der Waals surface area contributed by atoms with Crippen molar-refractivity contribution in [1.82, 2.24) is 0 Å². The van der Waals surface area contributed by atoms with Crippen LogP contribution in [0, 0.1) is 0 Å². The molecule has 0 amide bonds. The SMILES string of the molecule is O=C1OC(c2ccccc2)=CC1=Cc1ccco1. The van der Waals surface area contributed by atoms with Crippen molar-refractivity contribution in [1.29, 1.82) is 0 Å². The number of benzene rings is 1. The Morgan fingerprint density at radius 2 is 1.83 bits per heavy atom. The topological polar surface area (TPSA) is 39.4 Å². The van der Waals surface area contributed by atoms with Crippen molar-refractivity contribution in [3.05, 3.63) is 71.7 Å². The molecule has 3 rings (SSSR count). The van der Waals surface area contributed by atoms with E-state index >= 15 is 0 Å². The number of rotatable bonds is 2. The molecule has 1 aliphatic rings. The molecular formula is C15H10O3. The highest BCUT2D eigenvalue weighted by Gasteiger charge is 2.21. The number of carbonyl (C=O) groups is 1. The molecule has 0 fully saturated rings. The summed E-state index contributed by atoms with van der Waals surface area (Å²) in [5.74, 6) is 0.844. The molecule has 2 aromatic rings. The van der Waals surface area contributed by atoms with Crippen LogP contribution in [0.3, 0.4) is 0 Å². The first-order valence-corrected chi connectivity index (χ1v) is 5.57. The highest BCUT2D eigenvalue weighted by atomic mass is 16.5. The summed E-state index contributed by atoms with van der Waals surface area (Å²) in [6.45, 7) is 0. The van der Waals surface area contributed by atoms with Crippen LogP contribution < -0.4 is 0 Å². The first kappa shape index (κ1) is 10.6. The van der Waals surface area contributed by atoms with E-state index in [9.17, 15) is 4.79 Å². The molecule has 1 aromatic carbocycles. The standard InChI is InChI=1S/C15H10O3/c16-15-12(9-13-7-4-8-17-13)10-14(18-15)11-5-2-1-3-6-11/h1-10H. The van der Waals surface area contributed by atoms with Crippen LogP contribution in [0.15, 0.2) is 64.8 Å². The highest BCUT2D eigenvalue weighted by Crippen LogP contribution is 2.27. The van der Waals surface area contributed by atoms with Crippen LogP contribution in [0.4, 0.5) is 0 Å². The number of ether oxygens (including phenoxy) is 1. The molecule has 18 heavy (non-hydrogen) atoms. The minimum Gasteiger partial charge on any atom is -0.465 e. The van der Waals surface area contributed by atoms with E-state index in [4.69, 9.17) is 9.15 Å². The van der Waals surface area contributed by atoms with Crippen molar-refractivity contribution >= 4 is 17.8 Å². The van der Waals surface area contributed by atoms with E-state index < -0.39 is 0 Å². The minimum atomic E-state index is -0.356. The second kappa shape index (κ2) is 4.37. The van der Waals surface area contributed by atoms with Crippen LogP contribution in [0.2, 0.25) is 0 Å². The van der Waals surface area contributed by atoms with Crippen molar-refractivity contribution in [3.8, 4) is 0 Å². The van der Waals surface area contributed by atoms with Gasteiger partial charge in [0.1, 0.15) is 11.5 Å². The van der Waals surface area contributed by atoms with E-state index in [2.05, 4.69) is 0 Å². The van der Waals surface area contributed by atoms with Crippen molar-refractivity contribution in [3.63, 3.8) is 0 Å². The lowest BCUT2D eigenvalue weighted by Crippen LogP contribution is -1.96. The van der Waals surface area contributed by atoms with Gasteiger partial charge in [-0.2, -0.15) is 0 Å². The van der Waals surface area contributed by atoms with Gasteiger partial charge in [-0.3, -0.25) is 0 Å². The van der Waals surface area contributed by atoms with E-state index in [0.29, 0.717) is 17.1 Å². The third-order valence-corrected chi connectivity index (χ3v) is 2.62. The molecule has 88 valence electrons. The quantitative estimate of drug-likeness (QED) is 0.595. The van der Waals surface area contributed by atoms with Crippen molar-refractivity contribution in [2.45, 2.75) is 0 Å². The molecule has 0 spiro atoms. The number of hydrogen-bond acceptors (Lipinski definition) is 3. The molecule has 0 saturated heterocycles. The Kier molecular flexibility index (Phi) is 2.57. The Morgan fingerprint density at radius 1 is 1.00 bits per heavy atom. The molecule has 2 heterocycles. The minimum absolute atomic E-state index is 0.356. The van der Waals surface area contributed by atoms with Gasteiger partial charge in [0, 0.05) is 5.56 Å². The molecule has 1 aliphatic heterocycles. The van der Waals surface area contributed by atoms with Crippen LogP contribution in [0.1, 0.15) is 11.3 Å². The fourth-order valence-electron chi connectivity index (χ4n) is 1.76. The first-order chi connectivity index (χ1) is 8.83. The summed E-state index contributed by atoms with van der Waals surface area (Å²) in [4.78, 5) is 11.7. The number of furan rings is 1. The van der Waals surface area contributed by atoms with Crippen LogP contribution in [-0.2, 0) is 9.53 Å². The van der Waals surface area contributed by atoms with Crippen molar-refractivity contribution < 1.29 is 13.9 Å². The second-order valence-electron chi connectivity index (χ2n) is 3.88. The normalized spacial score (nSPS) is 16.8.